The summed E-state index contributed by atoms with van der Waals surface area (Å²) in [5.74, 6) is -0.0580. The molecule has 0 radical (unpaired) electrons. The van der Waals surface area contributed by atoms with Gasteiger partial charge in [0.1, 0.15) is 5.82 Å². The van der Waals surface area contributed by atoms with Crippen molar-refractivity contribution in [1.82, 2.24) is 10.1 Å². The van der Waals surface area contributed by atoms with Crippen LogP contribution >= 0.6 is 0 Å². The van der Waals surface area contributed by atoms with Gasteiger partial charge >= 0.3 is 0 Å². The van der Waals surface area contributed by atoms with Gasteiger partial charge in [0.2, 0.25) is 17.6 Å². The Kier molecular flexibility index (Phi) is 5.18. The van der Waals surface area contributed by atoms with E-state index in [1.807, 2.05) is 31.2 Å². The van der Waals surface area contributed by atoms with Crippen LogP contribution in [0.5, 0.6) is 0 Å². The molecule has 2 aromatic carbocycles. The Morgan fingerprint density at radius 2 is 1.92 bits per heavy atom. The molecule has 0 aliphatic carbocycles. The van der Waals surface area contributed by atoms with Crippen molar-refractivity contribution < 1.29 is 13.7 Å². The summed E-state index contributed by atoms with van der Waals surface area (Å²) in [6, 6.07) is 13.9. The van der Waals surface area contributed by atoms with E-state index in [9.17, 15) is 9.18 Å². The van der Waals surface area contributed by atoms with E-state index in [4.69, 9.17) is 4.52 Å². The number of hydrogen-bond donors (Lipinski definition) is 1. The third-order valence-electron chi connectivity index (χ3n) is 3.82. The number of nitrogens with one attached hydrogen (secondary N) is 1. The second-order valence-electron chi connectivity index (χ2n) is 5.55. The number of para-hydroxylation sites is 1. The number of carbonyl (C=O) groups excluding carboxylic acids is 1. The molecule has 3 aromatic rings. The van der Waals surface area contributed by atoms with Gasteiger partial charge in [0.05, 0.1) is 5.56 Å². The molecular formula is C19H18FN3O2. The molecule has 1 aromatic heterocycles. The first-order valence-corrected chi connectivity index (χ1v) is 8.12. The van der Waals surface area contributed by atoms with Gasteiger partial charge in [-0.2, -0.15) is 4.98 Å². The molecule has 1 heterocycles. The average molecular weight is 339 g/mol. The van der Waals surface area contributed by atoms with Crippen LogP contribution in [0.4, 0.5) is 10.1 Å². The van der Waals surface area contributed by atoms with Crippen molar-refractivity contribution in [1.29, 1.82) is 0 Å². The SMILES string of the molecule is CCc1ccccc1NC(=O)CCc1nc(-c2ccccc2F)no1. The summed E-state index contributed by atoms with van der Waals surface area (Å²) >= 11 is 0. The number of amides is 1. The lowest BCUT2D eigenvalue weighted by atomic mass is 10.1. The number of aryl methyl sites for hydroxylation is 2. The quantitative estimate of drug-likeness (QED) is 0.737. The number of hydrogen-bond acceptors (Lipinski definition) is 4. The average Bonchev–Trinajstić information content (AvgIpc) is 3.09. The second kappa shape index (κ2) is 7.70. The van der Waals surface area contributed by atoms with Crippen molar-refractivity contribution in [2.75, 3.05) is 5.32 Å². The van der Waals surface area contributed by atoms with E-state index in [1.54, 1.807) is 18.2 Å². The Morgan fingerprint density at radius 1 is 1.16 bits per heavy atom. The number of nitrogens with zero attached hydrogens (tertiary/aromatic N) is 2. The molecular weight excluding hydrogens is 321 g/mol. The van der Waals surface area contributed by atoms with E-state index in [1.165, 1.54) is 6.07 Å². The van der Waals surface area contributed by atoms with Crippen molar-refractivity contribution in [3.05, 3.63) is 65.8 Å². The fourth-order valence-corrected chi connectivity index (χ4v) is 2.49. The van der Waals surface area contributed by atoms with Crippen LogP contribution in [0.25, 0.3) is 11.4 Å². The van der Waals surface area contributed by atoms with E-state index < -0.39 is 5.82 Å². The van der Waals surface area contributed by atoms with Gasteiger partial charge < -0.3 is 9.84 Å². The predicted octanol–water partition coefficient (Wildman–Crippen LogP) is 4.01. The maximum Gasteiger partial charge on any atom is 0.227 e. The second-order valence-corrected chi connectivity index (χ2v) is 5.55. The predicted molar refractivity (Wildman–Crippen MR) is 92.5 cm³/mol. The van der Waals surface area contributed by atoms with E-state index in [0.717, 1.165) is 17.7 Å². The van der Waals surface area contributed by atoms with Gasteiger partial charge in [-0.05, 0) is 30.2 Å². The molecule has 0 aliphatic rings. The molecule has 0 saturated heterocycles. The summed E-state index contributed by atoms with van der Waals surface area (Å²) in [5, 5.41) is 6.67. The van der Waals surface area contributed by atoms with Crippen LogP contribution in [0.15, 0.2) is 53.1 Å². The highest BCUT2D eigenvalue weighted by Crippen LogP contribution is 2.20. The molecule has 0 fully saturated rings. The highest BCUT2D eigenvalue weighted by atomic mass is 19.1. The highest BCUT2D eigenvalue weighted by molar-refractivity contribution is 5.91. The van der Waals surface area contributed by atoms with Crippen LogP contribution in [0, 0.1) is 5.82 Å². The zero-order chi connectivity index (χ0) is 17.6. The Morgan fingerprint density at radius 3 is 2.72 bits per heavy atom. The minimum absolute atomic E-state index is 0.133. The Labute approximate surface area is 144 Å². The molecule has 3 rings (SSSR count). The fraction of sp³-hybridized carbons (Fsp3) is 0.211. The first-order valence-electron chi connectivity index (χ1n) is 8.12. The molecule has 0 unspecified atom stereocenters. The Hall–Kier alpha value is -3.02. The smallest absolute Gasteiger partial charge is 0.227 e. The molecule has 0 spiro atoms. The number of rotatable bonds is 6. The van der Waals surface area contributed by atoms with Gasteiger partial charge in [0, 0.05) is 18.5 Å². The van der Waals surface area contributed by atoms with E-state index in [0.29, 0.717) is 12.3 Å². The van der Waals surface area contributed by atoms with Crippen LogP contribution in [-0.4, -0.2) is 16.0 Å². The maximum absolute atomic E-state index is 13.7. The van der Waals surface area contributed by atoms with Crippen molar-refractivity contribution in [2.45, 2.75) is 26.2 Å². The van der Waals surface area contributed by atoms with Crippen LogP contribution in [0.1, 0.15) is 24.8 Å². The number of halogens is 1. The topological polar surface area (TPSA) is 68.0 Å². The van der Waals surface area contributed by atoms with Gasteiger partial charge in [-0.25, -0.2) is 4.39 Å². The molecule has 5 nitrogen and oxygen atoms in total. The summed E-state index contributed by atoms with van der Waals surface area (Å²) in [7, 11) is 0. The molecule has 6 heteroatoms. The summed E-state index contributed by atoms with van der Waals surface area (Å²) < 4.78 is 18.8. The standard InChI is InChI=1S/C19H18FN3O2/c1-2-13-7-3-6-10-16(13)21-17(24)11-12-18-22-19(23-25-18)14-8-4-5-9-15(14)20/h3-10H,2,11-12H2,1H3,(H,21,24). The zero-order valence-electron chi connectivity index (χ0n) is 13.8. The lowest BCUT2D eigenvalue weighted by molar-refractivity contribution is -0.116. The number of carbonyl (C=O) groups is 1. The minimum Gasteiger partial charge on any atom is -0.339 e. The van der Waals surface area contributed by atoms with Crippen LogP contribution in [-0.2, 0) is 17.6 Å². The lowest BCUT2D eigenvalue weighted by Crippen LogP contribution is -2.13. The first kappa shape index (κ1) is 16.8. The van der Waals surface area contributed by atoms with Gasteiger partial charge in [-0.15, -0.1) is 0 Å². The molecule has 0 saturated carbocycles. The number of aromatic nitrogens is 2. The van der Waals surface area contributed by atoms with Gasteiger partial charge in [-0.3, -0.25) is 4.79 Å². The van der Waals surface area contributed by atoms with Gasteiger partial charge in [-0.1, -0.05) is 42.4 Å². The summed E-state index contributed by atoms with van der Waals surface area (Å²) in [6.07, 6.45) is 1.34. The zero-order valence-corrected chi connectivity index (χ0v) is 13.8. The third kappa shape index (κ3) is 4.09. The first-order chi connectivity index (χ1) is 12.2. The van der Waals surface area contributed by atoms with E-state index in [-0.39, 0.29) is 23.7 Å². The molecule has 1 amide bonds. The maximum atomic E-state index is 13.7. The normalized spacial score (nSPS) is 10.6. The van der Waals surface area contributed by atoms with Crippen LogP contribution in [0.3, 0.4) is 0 Å². The van der Waals surface area contributed by atoms with Crippen LogP contribution < -0.4 is 5.32 Å². The molecule has 0 aliphatic heterocycles. The van der Waals surface area contributed by atoms with E-state index >= 15 is 0 Å². The number of anilines is 1. The lowest BCUT2D eigenvalue weighted by Gasteiger charge is -2.08. The van der Waals surface area contributed by atoms with Crippen molar-refractivity contribution in [3.8, 4) is 11.4 Å². The Balaban J connectivity index is 1.61. The number of benzene rings is 2. The van der Waals surface area contributed by atoms with Crippen molar-refractivity contribution in [2.24, 2.45) is 0 Å². The molecule has 1 N–H and O–H groups in total. The monoisotopic (exact) mass is 339 g/mol. The van der Waals surface area contributed by atoms with Crippen LogP contribution in [0.2, 0.25) is 0 Å². The molecule has 25 heavy (non-hydrogen) atoms. The van der Waals surface area contributed by atoms with Gasteiger partial charge in [0.25, 0.3) is 0 Å². The molecule has 0 atom stereocenters. The van der Waals surface area contributed by atoms with E-state index in [2.05, 4.69) is 15.5 Å². The highest BCUT2D eigenvalue weighted by Gasteiger charge is 2.13. The summed E-state index contributed by atoms with van der Waals surface area (Å²) in [6.45, 7) is 2.04. The summed E-state index contributed by atoms with van der Waals surface area (Å²) in [5.41, 5.74) is 2.17. The molecule has 0 bridgehead atoms. The fourth-order valence-electron chi connectivity index (χ4n) is 2.49. The summed E-state index contributed by atoms with van der Waals surface area (Å²) in [4.78, 5) is 16.3. The minimum atomic E-state index is -0.413. The largest absolute Gasteiger partial charge is 0.339 e. The van der Waals surface area contributed by atoms with Gasteiger partial charge in [0.15, 0.2) is 0 Å². The Bertz CT molecular complexity index is 876. The van der Waals surface area contributed by atoms with Crippen molar-refractivity contribution in [3.63, 3.8) is 0 Å². The third-order valence-corrected chi connectivity index (χ3v) is 3.82. The van der Waals surface area contributed by atoms with Crippen molar-refractivity contribution >= 4 is 11.6 Å². The molecule has 128 valence electrons.